The van der Waals surface area contributed by atoms with Crippen LogP contribution in [-0.2, 0) is 12.8 Å². The zero-order chi connectivity index (χ0) is 13.7. The Morgan fingerprint density at radius 1 is 0.600 bits per heavy atom. The van der Waals surface area contributed by atoms with Gasteiger partial charge in [0.2, 0.25) is 0 Å². The molecule has 4 aromatic carbocycles. The van der Waals surface area contributed by atoms with Crippen LogP contribution in [0.3, 0.4) is 0 Å². The first-order chi connectivity index (χ1) is 9.85. The van der Waals surface area contributed by atoms with Gasteiger partial charge in [-0.2, -0.15) is 0 Å². The second-order valence-corrected chi connectivity index (χ2v) is 5.54. The molecule has 4 aromatic rings. The van der Waals surface area contributed by atoms with Crippen LogP contribution in [0.5, 0.6) is 0 Å². The molecule has 0 radical (unpaired) electrons. The Labute approximate surface area is 119 Å². The van der Waals surface area contributed by atoms with E-state index in [2.05, 4.69) is 62.4 Å². The van der Waals surface area contributed by atoms with Crippen LogP contribution in [0.25, 0.3) is 32.3 Å². The van der Waals surface area contributed by atoms with Crippen LogP contribution in [0.1, 0.15) is 25.0 Å². The normalized spacial score (nSPS) is 11.9. The average Bonchev–Trinajstić information content (AvgIpc) is 2.51. The number of benzene rings is 4. The summed E-state index contributed by atoms with van der Waals surface area (Å²) >= 11 is 0. The van der Waals surface area contributed by atoms with Gasteiger partial charge < -0.3 is 0 Å². The first-order valence-corrected chi connectivity index (χ1v) is 7.52. The van der Waals surface area contributed by atoms with E-state index in [-0.39, 0.29) is 0 Å². The largest absolute Gasteiger partial charge is 0.0613 e. The van der Waals surface area contributed by atoms with Crippen molar-refractivity contribution in [2.24, 2.45) is 0 Å². The van der Waals surface area contributed by atoms with Crippen LogP contribution in [0, 0.1) is 0 Å². The van der Waals surface area contributed by atoms with Crippen LogP contribution in [0.2, 0.25) is 0 Å². The molecule has 0 heteroatoms. The molecular weight excluding hydrogens is 240 g/mol. The first-order valence-electron chi connectivity index (χ1n) is 7.52. The monoisotopic (exact) mass is 258 g/mol. The predicted octanol–water partition coefficient (Wildman–Crippen LogP) is 5.71. The van der Waals surface area contributed by atoms with Crippen LogP contribution in [0.4, 0.5) is 0 Å². The number of rotatable bonds is 2. The second kappa shape index (κ2) is 4.21. The van der Waals surface area contributed by atoms with Crippen LogP contribution in [-0.4, -0.2) is 0 Å². The van der Waals surface area contributed by atoms with E-state index < -0.39 is 0 Å². The van der Waals surface area contributed by atoms with Crippen molar-refractivity contribution in [3.05, 3.63) is 59.7 Å². The van der Waals surface area contributed by atoms with Gasteiger partial charge in [-0.25, -0.2) is 0 Å². The SMILES string of the molecule is CCc1c(CC)c2cccc3ccc4cccc1c4c32. The standard InChI is InChI=1S/C20H18/c1-3-15-16(4-2)18-10-6-8-14-12-11-13-7-5-9-17(15)19(13)20(14)18/h5-12H,3-4H2,1-2H3. The fraction of sp³-hybridized carbons (Fsp3) is 0.200. The van der Waals surface area contributed by atoms with E-state index in [1.165, 1.54) is 43.4 Å². The summed E-state index contributed by atoms with van der Waals surface area (Å²) in [4.78, 5) is 0. The molecule has 0 saturated carbocycles. The Morgan fingerprint density at radius 2 is 1.05 bits per heavy atom. The minimum atomic E-state index is 1.10. The summed E-state index contributed by atoms with van der Waals surface area (Å²) in [6.07, 6.45) is 2.21. The van der Waals surface area contributed by atoms with Gasteiger partial charge in [0.05, 0.1) is 0 Å². The average molecular weight is 258 g/mol. The molecular formula is C20H18. The van der Waals surface area contributed by atoms with Crippen molar-refractivity contribution in [3.8, 4) is 0 Å². The molecule has 0 aromatic heterocycles. The van der Waals surface area contributed by atoms with E-state index >= 15 is 0 Å². The summed E-state index contributed by atoms with van der Waals surface area (Å²) in [5.74, 6) is 0. The highest BCUT2D eigenvalue weighted by Gasteiger charge is 2.14. The number of hydrogen-bond donors (Lipinski definition) is 0. The maximum absolute atomic E-state index is 2.30. The molecule has 0 unspecified atom stereocenters. The molecule has 0 bridgehead atoms. The molecule has 0 nitrogen and oxygen atoms in total. The van der Waals surface area contributed by atoms with Gasteiger partial charge in [0.15, 0.2) is 0 Å². The maximum Gasteiger partial charge on any atom is -0.00238 e. The lowest BCUT2D eigenvalue weighted by Gasteiger charge is -2.18. The Hall–Kier alpha value is -2.08. The molecule has 0 atom stereocenters. The Morgan fingerprint density at radius 3 is 1.45 bits per heavy atom. The van der Waals surface area contributed by atoms with Crippen molar-refractivity contribution < 1.29 is 0 Å². The highest BCUT2D eigenvalue weighted by molar-refractivity contribution is 6.24. The van der Waals surface area contributed by atoms with E-state index in [0.29, 0.717) is 0 Å². The van der Waals surface area contributed by atoms with Gasteiger partial charge in [-0.05, 0) is 56.3 Å². The third kappa shape index (κ3) is 1.37. The molecule has 0 aliphatic heterocycles. The molecule has 0 aliphatic carbocycles. The first kappa shape index (κ1) is 11.7. The van der Waals surface area contributed by atoms with Gasteiger partial charge in [-0.15, -0.1) is 0 Å². The van der Waals surface area contributed by atoms with E-state index in [1.54, 1.807) is 0 Å². The highest BCUT2D eigenvalue weighted by Crippen LogP contribution is 2.39. The zero-order valence-corrected chi connectivity index (χ0v) is 12.0. The predicted molar refractivity (Wildman–Crippen MR) is 88.9 cm³/mol. The topological polar surface area (TPSA) is 0 Å². The summed E-state index contributed by atoms with van der Waals surface area (Å²) in [6.45, 7) is 4.55. The lowest BCUT2D eigenvalue weighted by Crippen LogP contribution is -1.97. The van der Waals surface area contributed by atoms with Gasteiger partial charge in [0.1, 0.15) is 0 Å². The highest BCUT2D eigenvalue weighted by atomic mass is 14.2. The summed E-state index contributed by atoms with van der Waals surface area (Å²) in [6, 6.07) is 18.0. The van der Waals surface area contributed by atoms with Crippen molar-refractivity contribution in [3.63, 3.8) is 0 Å². The van der Waals surface area contributed by atoms with Crippen LogP contribution in [0.15, 0.2) is 48.5 Å². The number of aryl methyl sites for hydroxylation is 2. The Bertz CT molecular complexity index is 838. The molecule has 0 spiro atoms. The Kier molecular flexibility index (Phi) is 2.47. The third-order valence-corrected chi connectivity index (χ3v) is 4.61. The van der Waals surface area contributed by atoms with Gasteiger partial charge in [0, 0.05) is 0 Å². The van der Waals surface area contributed by atoms with Gasteiger partial charge >= 0.3 is 0 Å². The quantitative estimate of drug-likeness (QED) is 0.404. The molecule has 20 heavy (non-hydrogen) atoms. The van der Waals surface area contributed by atoms with Crippen LogP contribution < -0.4 is 0 Å². The van der Waals surface area contributed by atoms with E-state index in [9.17, 15) is 0 Å². The molecule has 0 aliphatic rings. The summed E-state index contributed by atoms with van der Waals surface area (Å²) in [5, 5.41) is 8.54. The van der Waals surface area contributed by atoms with Crippen LogP contribution >= 0.6 is 0 Å². The smallest absolute Gasteiger partial charge is 0.00238 e. The summed E-state index contributed by atoms with van der Waals surface area (Å²) in [7, 11) is 0. The van der Waals surface area contributed by atoms with Gasteiger partial charge in [-0.1, -0.05) is 62.4 Å². The van der Waals surface area contributed by atoms with E-state index in [0.717, 1.165) is 12.8 Å². The van der Waals surface area contributed by atoms with E-state index in [4.69, 9.17) is 0 Å². The van der Waals surface area contributed by atoms with Gasteiger partial charge in [-0.3, -0.25) is 0 Å². The molecule has 0 N–H and O–H groups in total. The lowest BCUT2D eigenvalue weighted by atomic mass is 9.86. The van der Waals surface area contributed by atoms with Crippen molar-refractivity contribution >= 4 is 32.3 Å². The minimum absolute atomic E-state index is 1.10. The molecule has 0 fully saturated rings. The molecule has 98 valence electrons. The van der Waals surface area contributed by atoms with Crippen molar-refractivity contribution in [1.82, 2.24) is 0 Å². The molecule has 0 amide bonds. The summed E-state index contributed by atoms with van der Waals surface area (Å²) < 4.78 is 0. The van der Waals surface area contributed by atoms with Crippen molar-refractivity contribution in [2.45, 2.75) is 26.7 Å². The van der Waals surface area contributed by atoms with Crippen molar-refractivity contribution in [1.29, 1.82) is 0 Å². The number of hydrogen-bond acceptors (Lipinski definition) is 0. The second-order valence-electron chi connectivity index (χ2n) is 5.54. The van der Waals surface area contributed by atoms with E-state index in [1.807, 2.05) is 0 Å². The molecule has 0 saturated heterocycles. The molecule has 0 heterocycles. The Balaban J connectivity index is 2.43. The van der Waals surface area contributed by atoms with Crippen molar-refractivity contribution in [2.75, 3.05) is 0 Å². The summed E-state index contributed by atoms with van der Waals surface area (Å²) in [5.41, 5.74) is 3.06. The zero-order valence-electron chi connectivity index (χ0n) is 12.0. The van der Waals surface area contributed by atoms with Gasteiger partial charge in [0.25, 0.3) is 0 Å². The maximum atomic E-state index is 2.30. The lowest BCUT2D eigenvalue weighted by molar-refractivity contribution is 1.07. The minimum Gasteiger partial charge on any atom is -0.0613 e. The third-order valence-electron chi connectivity index (χ3n) is 4.61. The fourth-order valence-electron chi connectivity index (χ4n) is 3.79. The molecule has 4 rings (SSSR count). The fourth-order valence-corrected chi connectivity index (χ4v) is 3.79.